The van der Waals surface area contributed by atoms with Gasteiger partial charge in [-0.3, -0.25) is 14.4 Å². The maximum Gasteiger partial charge on any atom is 0.303 e. The van der Waals surface area contributed by atoms with Gasteiger partial charge in [0.05, 0.1) is 13.2 Å². The van der Waals surface area contributed by atoms with E-state index in [0.29, 0.717) is 0 Å². The summed E-state index contributed by atoms with van der Waals surface area (Å²) in [6.45, 7) is 10.2. The Bertz CT molecular complexity index is 728. The predicted molar refractivity (Wildman–Crippen MR) is 159 cm³/mol. The van der Waals surface area contributed by atoms with Crippen LogP contribution in [0, 0.1) is 0 Å². The van der Waals surface area contributed by atoms with Crippen molar-refractivity contribution in [3.05, 3.63) is 12.2 Å². The normalized spacial score (nSPS) is 20.6. The number of carbonyl (C=O) groups is 3. The van der Waals surface area contributed by atoms with Gasteiger partial charge in [-0.1, -0.05) is 97.0 Å². The molecule has 0 aromatic carbocycles. The summed E-state index contributed by atoms with van der Waals surface area (Å²) in [5.74, 6) is 0.0870. The SMILES string of the molecule is C=C(CO[C@@H]1OC[C@@H](OC(C)=O)[C@H](OC(C)=O)[C@H]1OC(C)=O)CSCCCCCCCCCCCCCCCC. The summed E-state index contributed by atoms with van der Waals surface area (Å²) in [6.07, 6.45) is 15.0. The highest BCUT2D eigenvalue weighted by atomic mass is 32.2. The van der Waals surface area contributed by atoms with E-state index in [4.69, 9.17) is 23.7 Å². The lowest BCUT2D eigenvalue weighted by Gasteiger charge is -2.40. The fourth-order valence-electron chi connectivity index (χ4n) is 4.71. The summed E-state index contributed by atoms with van der Waals surface area (Å²) in [5.41, 5.74) is 0.881. The summed E-state index contributed by atoms with van der Waals surface area (Å²) < 4.78 is 27.5. The van der Waals surface area contributed by atoms with E-state index in [-0.39, 0.29) is 13.2 Å². The molecule has 232 valence electrons. The predicted octanol–water partition coefficient (Wildman–Crippen LogP) is 6.93. The third-order valence-corrected chi connectivity index (χ3v) is 7.89. The minimum atomic E-state index is -1.07. The highest BCUT2D eigenvalue weighted by Gasteiger charge is 2.47. The molecular weight excluding hydrogens is 532 g/mol. The van der Waals surface area contributed by atoms with Gasteiger partial charge in [0.2, 0.25) is 0 Å². The zero-order chi connectivity index (χ0) is 29.6. The molecular formula is C31H54O8S. The number of unbranched alkanes of at least 4 members (excludes halogenated alkanes) is 13. The summed E-state index contributed by atoms with van der Waals surface area (Å²) in [4.78, 5) is 34.9. The molecule has 0 aromatic heterocycles. The molecule has 0 saturated carbocycles. The Morgan fingerprint density at radius 1 is 0.725 bits per heavy atom. The molecule has 1 aliphatic heterocycles. The molecule has 0 N–H and O–H groups in total. The van der Waals surface area contributed by atoms with Gasteiger partial charge in [0.1, 0.15) is 0 Å². The number of esters is 3. The average molecular weight is 587 g/mol. The Hall–Kier alpha value is -1.58. The molecule has 4 atom stereocenters. The van der Waals surface area contributed by atoms with E-state index in [2.05, 4.69) is 13.5 Å². The third-order valence-electron chi connectivity index (χ3n) is 6.70. The molecule has 8 nitrogen and oxygen atoms in total. The molecule has 40 heavy (non-hydrogen) atoms. The average Bonchev–Trinajstić information content (AvgIpc) is 2.89. The lowest BCUT2D eigenvalue weighted by molar-refractivity contribution is -0.278. The van der Waals surface area contributed by atoms with Gasteiger partial charge >= 0.3 is 17.9 Å². The molecule has 1 rings (SSSR count). The molecule has 0 bridgehead atoms. The Balaban J connectivity index is 2.20. The molecule has 0 aromatic rings. The monoisotopic (exact) mass is 586 g/mol. The Morgan fingerprint density at radius 3 is 1.70 bits per heavy atom. The summed E-state index contributed by atoms with van der Waals surface area (Å²) in [7, 11) is 0. The molecule has 0 radical (unpaired) electrons. The molecule has 0 spiro atoms. The number of carbonyl (C=O) groups excluding carboxylic acids is 3. The van der Waals surface area contributed by atoms with Crippen LogP contribution in [0.3, 0.4) is 0 Å². The van der Waals surface area contributed by atoms with Crippen LogP contribution in [0.15, 0.2) is 12.2 Å². The minimum Gasteiger partial charge on any atom is -0.456 e. The topological polar surface area (TPSA) is 97.4 Å². The fourth-order valence-corrected chi connectivity index (χ4v) is 5.63. The van der Waals surface area contributed by atoms with Crippen molar-refractivity contribution < 1.29 is 38.1 Å². The van der Waals surface area contributed by atoms with E-state index in [9.17, 15) is 14.4 Å². The first-order chi connectivity index (χ1) is 19.2. The highest BCUT2D eigenvalue weighted by molar-refractivity contribution is 7.99. The first kappa shape index (κ1) is 36.4. The second kappa shape index (κ2) is 23.0. The van der Waals surface area contributed by atoms with Crippen LogP contribution >= 0.6 is 11.8 Å². The Morgan fingerprint density at radius 2 is 1.20 bits per heavy atom. The lowest BCUT2D eigenvalue weighted by Crippen LogP contribution is -2.58. The second-order valence-electron chi connectivity index (χ2n) is 10.7. The molecule has 0 amide bonds. The lowest BCUT2D eigenvalue weighted by atomic mass is 10.0. The zero-order valence-corrected chi connectivity index (χ0v) is 26.2. The third kappa shape index (κ3) is 18.0. The van der Waals surface area contributed by atoms with Gasteiger partial charge in [0.15, 0.2) is 24.6 Å². The van der Waals surface area contributed by atoms with Crippen molar-refractivity contribution in [3.63, 3.8) is 0 Å². The molecule has 0 aliphatic carbocycles. The summed E-state index contributed by atoms with van der Waals surface area (Å²) in [5, 5.41) is 0. The van der Waals surface area contributed by atoms with Crippen molar-refractivity contribution in [1.29, 1.82) is 0 Å². The molecule has 0 unspecified atom stereocenters. The Kier molecular flexibility index (Phi) is 21.0. The standard InChI is InChI=1S/C31H54O8S/c1-6-7-8-9-10-11-12-13-14-15-16-17-18-19-20-40-23-24(2)21-35-31-30(39-27(5)34)29(38-26(4)33)28(22-36-31)37-25(3)32/h28-31H,2,6-23H2,1,3-5H3/t28-,29+,30-,31-/m1/s1. The van der Waals surface area contributed by atoms with Crippen LogP contribution in [0.4, 0.5) is 0 Å². The highest BCUT2D eigenvalue weighted by Crippen LogP contribution is 2.26. The first-order valence-electron chi connectivity index (χ1n) is 15.2. The van der Waals surface area contributed by atoms with E-state index in [1.165, 1.54) is 111 Å². The maximum absolute atomic E-state index is 11.7. The van der Waals surface area contributed by atoms with Crippen LogP contribution in [0.1, 0.15) is 118 Å². The van der Waals surface area contributed by atoms with E-state index in [1.54, 1.807) is 0 Å². The van der Waals surface area contributed by atoms with Gasteiger partial charge in [0.25, 0.3) is 0 Å². The smallest absolute Gasteiger partial charge is 0.303 e. The second-order valence-corrected chi connectivity index (χ2v) is 11.8. The summed E-state index contributed by atoms with van der Waals surface area (Å²) >= 11 is 1.83. The summed E-state index contributed by atoms with van der Waals surface area (Å²) in [6, 6.07) is 0. The largest absolute Gasteiger partial charge is 0.456 e. The van der Waals surface area contributed by atoms with Crippen molar-refractivity contribution in [1.82, 2.24) is 0 Å². The van der Waals surface area contributed by atoms with Crippen LogP contribution in [0.2, 0.25) is 0 Å². The minimum absolute atomic E-state index is 0.0552. The first-order valence-corrected chi connectivity index (χ1v) is 16.4. The molecule has 9 heteroatoms. The van der Waals surface area contributed by atoms with Crippen molar-refractivity contribution in [2.75, 3.05) is 24.7 Å². The number of hydrogen-bond donors (Lipinski definition) is 0. The number of ether oxygens (including phenoxy) is 5. The van der Waals surface area contributed by atoms with E-state index in [0.717, 1.165) is 17.1 Å². The van der Waals surface area contributed by atoms with Gasteiger partial charge < -0.3 is 23.7 Å². The molecule has 1 aliphatic rings. The van der Waals surface area contributed by atoms with E-state index < -0.39 is 42.5 Å². The van der Waals surface area contributed by atoms with Crippen molar-refractivity contribution in [2.24, 2.45) is 0 Å². The Labute approximate surface area is 246 Å². The number of hydrogen-bond acceptors (Lipinski definition) is 9. The maximum atomic E-state index is 11.7. The van der Waals surface area contributed by atoms with Crippen LogP contribution < -0.4 is 0 Å². The van der Waals surface area contributed by atoms with E-state index in [1.807, 2.05) is 11.8 Å². The number of thioether (sulfide) groups is 1. The van der Waals surface area contributed by atoms with Crippen LogP contribution in [0.5, 0.6) is 0 Å². The molecule has 1 heterocycles. The van der Waals surface area contributed by atoms with Gasteiger partial charge in [-0.2, -0.15) is 11.8 Å². The van der Waals surface area contributed by atoms with Crippen molar-refractivity contribution in [2.45, 2.75) is 142 Å². The zero-order valence-electron chi connectivity index (χ0n) is 25.4. The van der Waals surface area contributed by atoms with Gasteiger partial charge in [-0.05, 0) is 17.7 Å². The van der Waals surface area contributed by atoms with Gasteiger partial charge in [0, 0.05) is 26.5 Å². The van der Waals surface area contributed by atoms with Crippen molar-refractivity contribution in [3.8, 4) is 0 Å². The quantitative estimate of drug-likeness (QED) is 0.0546. The van der Waals surface area contributed by atoms with Crippen LogP contribution in [0.25, 0.3) is 0 Å². The number of rotatable bonds is 23. The molecule has 1 fully saturated rings. The van der Waals surface area contributed by atoms with Crippen molar-refractivity contribution >= 4 is 29.7 Å². The van der Waals surface area contributed by atoms with Gasteiger partial charge in [-0.15, -0.1) is 0 Å². The van der Waals surface area contributed by atoms with Gasteiger partial charge in [-0.25, -0.2) is 0 Å². The molecule has 1 saturated heterocycles. The van der Waals surface area contributed by atoms with E-state index >= 15 is 0 Å². The van der Waals surface area contributed by atoms with Crippen LogP contribution in [-0.2, 0) is 38.1 Å². The van der Waals surface area contributed by atoms with Crippen LogP contribution in [-0.4, -0.2) is 67.2 Å². The fraction of sp³-hybridized carbons (Fsp3) is 0.839.